The molecule has 0 spiro atoms. The number of rotatable bonds is 5. The van der Waals surface area contributed by atoms with Crippen LogP contribution in [0.4, 0.5) is 0 Å². The van der Waals surface area contributed by atoms with Crippen molar-refractivity contribution in [3.8, 4) is 0 Å². The molecule has 96 valence electrons. The van der Waals surface area contributed by atoms with Crippen molar-refractivity contribution in [1.29, 1.82) is 0 Å². The lowest BCUT2D eigenvalue weighted by molar-refractivity contribution is -0.0392. The monoisotopic (exact) mass is 254 g/mol. The van der Waals surface area contributed by atoms with E-state index < -0.39 is 0 Å². The van der Waals surface area contributed by atoms with E-state index in [1.165, 1.54) is 17.8 Å². The number of hydrogen-bond acceptors (Lipinski definition) is 4. The van der Waals surface area contributed by atoms with Gasteiger partial charge in [-0.1, -0.05) is 12.8 Å². The van der Waals surface area contributed by atoms with Crippen molar-refractivity contribution < 1.29 is 4.74 Å². The van der Waals surface area contributed by atoms with E-state index in [9.17, 15) is 0 Å². The predicted molar refractivity (Wildman–Crippen MR) is 71.4 cm³/mol. The van der Waals surface area contributed by atoms with E-state index >= 15 is 0 Å². The minimum absolute atomic E-state index is 0.0782. The average Bonchev–Trinajstić information content (AvgIpc) is 2.97. The maximum atomic E-state index is 6.03. The smallest absolute Gasteiger partial charge is 0.125 e. The Bertz CT molecular complexity index is 358. The Morgan fingerprint density at radius 2 is 2.24 bits per heavy atom. The summed E-state index contributed by atoms with van der Waals surface area (Å²) in [5, 5.41) is 6.57. The van der Waals surface area contributed by atoms with Crippen LogP contribution in [0.25, 0.3) is 0 Å². The molecule has 1 unspecified atom stereocenters. The van der Waals surface area contributed by atoms with Gasteiger partial charge in [0.15, 0.2) is 0 Å². The molecule has 2 rings (SSSR count). The van der Waals surface area contributed by atoms with Gasteiger partial charge in [0.1, 0.15) is 10.6 Å². The van der Waals surface area contributed by atoms with Crippen molar-refractivity contribution in [3.63, 3.8) is 0 Å². The maximum absolute atomic E-state index is 6.03. The normalized spacial score (nSPS) is 20.6. The van der Waals surface area contributed by atoms with E-state index in [-0.39, 0.29) is 5.60 Å². The number of thiazole rings is 1. The lowest BCUT2D eigenvalue weighted by atomic mass is 10.0. The Kier molecular flexibility index (Phi) is 4.17. The summed E-state index contributed by atoms with van der Waals surface area (Å²) in [6.45, 7) is 4.99. The first kappa shape index (κ1) is 13.0. The van der Waals surface area contributed by atoms with Crippen LogP contribution in [0.1, 0.15) is 56.3 Å². The third kappa shape index (κ3) is 2.54. The van der Waals surface area contributed by atoms with Gasteiger partial charge in [-0.15, -0.1) is 11.3 Å². The number of aromatic nitrogens is 1. The highest BCUT2D eigenvalue weighted by molar-refractivity contribution is 7.09. The summed E-state index contributed by atoms with van der Waals surface area (Å²) >= 11 is 1.75. The average molecular weight is 254 g/mol. The summed E-state index contributed by atoms with van der Waals surface area (Å²) in [6.07, 6.45) is 4.77. The molecule has 0 amide bonds. The molecule has 1 aliphatic carbocycles. The molecule has 4 heteroatoms. The fraction of sp³-hybridized carbons (Fsp3) is 0.769. The van der Waals surface area contributed by atoms with Crippen LogP contribution in [0, 0.1) is 0 Å². The van der Waals surface area contributed by atoms with Gasteiger partial charge in [0.05, 0.1) is 5.69 Å². The van der Waals surface area contributed by atoms with E-state index in [0.717, 1.165) is 25.1 Å². The van der Waals surface area contributed by atoms with Gasteiger partial charge in [0, 0.05) is 18.0 Å². The molecule has 1 atom stereocenters. The van der Waals surface area contributed by atoms with E-state index in [2.05, 4.69) is 24.5 Å². The summed E-state index contributed by atoms with van der Waals surface area (Å²) in [5.74, 6) is 0. The fourth-order valence-electron chi connectivity index (χ4n) is 2.48. The molecule has 1 aromatic rings. The van der Waals surface area contributed by atoms with Crippen molar-refractivity contribution in [1.82, 2.24) is 10.3 Å². The van der Waals surface area contributed by atoms with Gasteiger partial charge in [-0.2, -0.15) is 0 Å². The Hall–Kier alpha value is -0.450. The number of nitrogens with one attached hydrogen (secondary N) is 1. The van der Waals surface area contributed by atoms with Crippen LogP contribution < -0.4 is 5.32 Å². The molecule has 1 fully saturated rings. The molecule has 17 heavy (non-hydrogen) atoms. The lowest BCUT2D eigenvalue weighted by Gasteiger charge is -2.26. The van der Waals surface area contributed by atoms with Gasteiger partial charge in [-0.3, -0.25) is 0 Å². The lowest BCUT2D eigenvalue weighted by Crippen LogP contribution is -2.26. The SMILES string of the molecule is CCOC1(c2nc(C(C)NC)cs2)CCCC1. The molecule has 0 aliphatic heterocycles. The molecule has 1 saturated carbocycles. The minimum atomic E-state index is -0.0782. The van der Waals surface area contributed by atoms with E-state index in [4.69, 9.17) is 9.72 Å². The Morgan fingerprint density at radius 3 is 2.82 bits per heavy atom. The first-order chi connectivity index (χ1) is 8.22. The zero-order valence-electron chi connectivity index (χ0n) is 11.0. The zero-order chi connectivity index (χ0) is 12.3. The van der Waals surface area contributed by atoms with Gasteiger partial charge >= 0.3 is 0 Å². The van der Waals surface area contributed by atoms with Gasteiger partial charge in [0.2, 0.25) is 0 Å². The molecule has 0 aromatic carbocycles. The summed E-state index contributed by atoms with van der Waals surface area (Å²) in [4.78, 5) is 4.78. The van der Waals surface area contributed by atoms with E-state index in [0.29, 0.717) is 6.04 Å². The summed E-state index contributed by atoms with van der Waals surface area (Å²) in [6, 6.07) is 0.320. The van der Waals surface area contributed by atoms with Crippen LogP contribution in [0.3, 0.4) is 0 Å². The predicted octanol–water partition coefficient (Wildman–Crippen LogP) is 3.23. The van der Waals surface area contributed by atoms with Crippen LogP contribution in [0.2, 0.25) is 0 Å². The number of hydrogen-bond donors (Lipinski definition) is 1. The third-order valence-electron chi connectivity index (χ3n) is 3.62. The highest BCUT2D eigenvalue weighted by Gasteiger charge is 2.39. The topological polar surface area (TPSA) is 34.1 Å². The standard InChI is InChI=1S/C13H22N2OS/c1-4-16-13(7-5-6-8-13)12-15-11(9-17-12)10(2)14-3/h9-10,14H,4-8H2,1-3H3. The quantitative estimate of drug-likeness (QED) is 0.876. The van der Waals surface area contributed by atoms with Crippen molar-refractivity contribution in [3.05, 3.63) is 16.1 Å². The molecule has 1 aliphatic rings. The van der Waals surface area contributed by atoms with Crippen molar-refractivity contribution in [2.75, 3.05) is 13.7 Å². The first-order valence-electron chi connectivity index (χ1n) is 6.49. The van der Waals surface area contributed by atoms with E-state index in [1.807, 2.05) is 7.05 Å². The van der Waals surface area contributed by atoms with Crippen LogP contribution in [-0.2, 0) is 10.3 Å². The second-order valence-corrected chi connectivity index (χ2v) is 5.58. The number of ether oxygens (including phenoxy) is 1. The Morgan fingerprint density at radius 1 is 1.53 bits per heavy atom. The maximum Gasteiger partial charge on any atom is 0.125 e. The van der Waals surface area contributed by atoms with Gasteiger partial charge < -0.3 is 10.1 Å². The molecular weight excluding hydrogens is 232 g/mol. The highest BCUT2D eigenvalue weighted by atomic mass is 32.1. The molecule has 3 nitrogen and oxygen atoms in total. The molecule has 1 heterocycles. The van der Waals surface area contributed by atoms with Crippen LogP contribution in [0.15, 0.2) is 5.38 Å². The molecular formula is C13H22N2OS. The molecule has 1 N–H and O–H groups in total. The van der Waals surface area contributed by atoms with Crippen LogP contribution in [-0.4, -0.2) is 18.6 Å². The Balaban J connectivity index is 2.22. The highest BCUT2D eigenvalue weighted by Crippen LogP contribution is 2.43. The molecule has 0 bridgehead atoms. The largest absolute Gasteiger partial charge is 0.368 e. The van der Waals surface area contributed by atoms with E-state index in [1.54, 1.807) is 11.3 Å². The zero-order valence-corrected chi connectivity index (χ0v) is 11.8. The van der Waals surface area contributed by atoms with Crippen molar-refractivity contribution in [2.45, 2.75) is 51.2 Å². The molecule has 1 aromatic heterocycles. The Labute approximate surface area is 108 Å². The van der Waals surface area contributed by atoms with Crippen LogP contribution >= 0.6 is 11.3 Å². The molecule has 0 saturated heterocycles. The fourth-order valence-corrected chi connectivity index (χ4v) is 3.61. The van der Waals surface area contributed by atoms with Crippen molar-refractivity contribution in [2.24, 2.45) is 0 Å². The molecule has 0 radical (unpaired) electrons. The first-order valence-corrected chi connectivity index (χ1v) is 7.37. The van der Waals surface area contributed by atoms with Gasteiger partial charge in [-0.25, -0.2) is 4.98 Å². The third-order valence-corrected chi connectivity index (χ3v) is 4.67. The van der Waals surface area contributed by atoms with Gasteiger partial charge in [-0.05, 0) is 33.7 Å². The summed E-state index contributed by atoms with van der Waals surface area (Å²) in [5.41, 5.74) is 1.06. The van der Waals surface area contributed by atoms with Crippen molar-refractivity contribution >= 4 is 11.3 Å². The second kappa shape index (κ2) is 5.46. The summed E-state index contributed by atoms with van der Waals surface area (Å²) < 4.78 is 6.03. The number of nitrogens with zero attached hydrogens (tertiary/aromatic N) is 1. The van der Waals surface area contributed by atoms with Gasteiger partial charge in [0.25, 0.3) is 0 Å². The summed E-state index contributed by atoms with van der Waals surface area (Å²) in [7, 11) is 1.97. The minimum Gasteiger partial charge on any atom is -0.368 e. The van der Waals surface area contributed by atoms with Crippen LogP contribution in [0.5, 0.6) is 0 Å². The second-order valence-electron chi connectivity index (χ2n) is 4.72.